The van der Waals surface area contributed by atoms with E-state index in [1.54, 1.807) is 6.07 Å². The number of rotatable bonds is 4. The van der Waals surface area contributed by atoms with Gasteiger partial charge < -0.3 is 14.2 Å². The zero-order valence-electron chi connectivity index (χ0n) is 10.8. The van der Waals surface area contributed by atoms with Crippen molar-refractivity contribution in [1.29, 1.82) is 0 Å². The predicted octanol–water partition coefficient (Wildman–Crippen LogP) is 5.80. The predicted molar refractivity (Wildman–Crippen MR) is 88.7 cm³/mol. The number of hydrogen-bond donors (Lipinski definition) is 2. The van der Waals surface area contributed by atoms with Crippen LogP contribution in [-0.4, -0.2) is 10.1 Å². The van der Waals surface area contributed by atoms with Crippen molar-refractivity contribution in [2.75, 3.05) is 4.72 Å². The second-order valence-electron chi connectivity index (χ2n) is 4.26. The highest BCUT2D eigenvalue weighted by molar-refractivity contribution is 8.00. The van der Waals surface area contributed by atoms with E-state index in [0.717, 1.165) is 15.8 Å². The van der Waals surface area contributed by atoms with Crippen molar-refractivity contribution in [3.05, 3.63) is 39.2 Å². The summed E-state index contributed by atoms with van der Waals surface area (Å²) < 4.78 is 8.21. The summed E-state index contributed by atoms with van der Waals surface area (Å²) in [6.07, 6.45) is 2.54. The van der Waals surface area contributed by atoms with Crippen LogP contribution in [0.5, 0.6) is 0 Å². The van der Waals surface area contributed by atoms with E-state index in [4.69, 9.17) is 39.3 Å². The van der Waals surface area contributed by atoms with Gasteiger partial charge in [0.15, 0.2) is 11.6 Å². The number of H-pyrrole nitrogens is 1. The third kappa shape index (κ3) is 2.71. The van der Waals surface area contributed by atoms with Gasteiger partial charge in [-0.25, -0.2) is 0 Å². The van der Waals surface area contributed by atoms with Crippen LogP contribution in [0.2, 0.25) is 15.1 Å². The fourth-order valence-corrected chi connectivity index (χ4v) is 3.32. The van der Waals surface area contributed by atoms with Gasteiger partial charge >= 0.3 is 0 Å². The van der Waals surface area contributed by atoms with E-state index >= 15 is 0 Å². The molecule has 2 N–H and O–H groups in total. The fraction of sp³-hybridized carbons (Fsp3) is 0.154. The molecule has 3 rings (SSSR count). The Morgan fingerprint density at radius 3 is 2.81 bits per heavy atom. The maximum atomic E-state index is 6.16. The molecule has 21 heavy (non-hydrogen) atoms. The largest absolute Gasteiger partial charge is 0.359 e. The summed E-state index contributed by atoms with van der Waals surface area (Å²) >= 11 is 19.7. The van der Waals surface area contributed by atoms with E-state index in [1.807, 2.05) is 19.2 Å². The van der Waals surface area contributed by atoms with Crippen molar-refractivity contribution >= 4 is 63.5 Å². The summed E-state index contributed by atoms with van der Waals surface area (Å²) in [6.45, 7) is 1.95. The van der Waals surface area contributed by atoms with Crippen LogP contribution in [0.1, 0.15) is 12.7 Å². The smallest absolute Gasteiger partial charge is 0.198 e. The van der Waals surface area contributed by atoms with Crippen LogP contribution in [0.15, 0.2) is 27.7 Å². The highest BCUT2D eigenvalue weighted by Crippen LogP contribution is 2.36. The van der Waals surface area contributed by atoms with Gasteiger partial charge in [-0.05, 0) is 18.0 Å². The lowest BCUT2D eigenvalue weighted by atomic mass is 10.2. The Balaban J connectivity index is 1.85. The van der Waals surface area contributed by atoms with Gasteiger partial charge in [0.25, 0.3) is 0 Å². The molecule has 0 saturated carbocycles. The Kier molecular flexibility index (Phi) is 4.26. The van der Waals surface area contributed by atoms with E-state index in [0.29, 0.717) is 33.1 Å². The second-order valence-corrected chi connectivity index (χ2v) is 6.27. The molecule has 0 aliphatic carbocycles. The van der Waals surface area contributed by atoms with Gasteiger partial charge in [0.2, 0.25) is 0 Å². The molecule has 4 nitrogen and oxygen atoms in total. The number of nitrogens with zero attached hydrogens (tertiary/aromatic N) is 1. The van der Waals surface area contributed by atoms with E-state index in [9.17, 15) is 0 Å². The van der Waals surface area contributed by atoms with E-state index in [1.165, 1.54) is 11.9 Å². The number of aromatic nitrogens is 2. The monoisotopic (exact) mass is 361 g/mol. The molecule has 0 radical (unpaired) electrons. The molecule has 2 aromatic heterocycles. The Morgan fingerprint density at radius 2 is 2.10 bits per heavy atom. The maximum Gasteiger partial charge on any atom is 0.198 e. The number of benzene rings is 1. The number of halogens is 3. The number of aromatic amines is 1. The minimum atomic E-state index is 0.505. The molecule has 0 aliphatic heterocycles. The SMILES string of the molecule is CCc1onc(NSc2c[nH]c3c(Cl)c(Cl)ccc23)c1Cl. The topological polar surface area (TPSA) is 53.9 Å². The lowest BCUT2D eigenvalue weighted by Crippen LogP contribution is -1.87. The molecule has 0 atom stereocenters. The first-order chi connectivity index (χ1) is 10.1. The summed E-state index contributed by atoms with van der Waals surface area (Å²) in [5.74, 6) is 1.17. The maximum absolute atomic E-state index is 6.16. The van der Waals surface area contributed by atoms with Crippen molar-refractivity contribution in [3.63, 3.8) is 0 Å². The Bertz CT molecular complexity index is 799. The number of nitrogens with one attached hydrogen (secondary N) is 2. The Labute approximate surface area is 140 Å². The molecule has 0 fully saturated rings. The van der Waals surface area contributed by atoms with Gasteiger partial charge in [-0.1, -0.05) is 52.9 Å². The average molecular weight is 363 g/mol. The normalized spacial score (nSPS) is 11.2. The molecule has 0 amide bonds. The van der Waals surface area contributed by atoms with Crippen LogP contribution in [0.4, 0.5) is 5.82 Å². The highest BCUT2D eigenvalue weighted by Gasteiger charge is 2.14. The van der Waals surface area contributed by atoms with E-state index in [-0.39, 0.29) is 0 Å². The van der Waals surface area contributed by atoms with Gasteiger partial charge in [0.1, 0.15) is 5.02 Å². The summed E-state index contributed by atoms with van der Waals surface area (Å²) in [6, 6.07) is 3.67. The molecule has 0 saturated heterocycles. The van der Waals surface area contributed by atoms with Crippen molar-refractivity contribution in [1.82, 2.24) is 10.1 Å². The van der Waals surface area contributed by atoms with Gasteiger partial charge in [-0.2, -0.15) is 0 Å². The minimum absolute atomic E-state index is 0.505. The van der Waals surface area contributed by atoms with Gasteiger partial charge in [-0.15, -0.1) is 0 Å². The number of aryl methyl sites for hydroxylation is 1. The van der Waals surface area contributed by atoms with E-state index in [2.05, 4.69) is 14.9 Å². The van der Waals surface area contributed by atoms with Gasteiger partial charge in [0.05, 0.1) is 20.5 Å². The lowest BCUT2D eigenvalue weighted by molar-refractivity contribution is 0.389. The van der Waals surface area contributed by atoms with Crippen LogP contribution < -0.4 is 4.72 Å². The van der Waals surface area contributed by atoms with Crippen LogP contribution in [0, 0.1) is 0 Å². The second kappa shape index (κ2) is 6.01. The van der Waals surface area contributed by atoms with E-state index < -0.39 is 0 Å². The number of hydrogen-bond acceptors (Lipinski definition) is 4. The lowest BCUT2D eigenvalue weighted by Gasteiger charge is -2.01. The van der Waals surface area contributed by atoms with Crippen LogP contribution in [-0.2, 0) is 6.42 Å². The first-order valence-electron chi connectivity index (χ1n) is 6.13. The third-order valence-corrected chi connectivity index (χ3v) is 5.03. The van der Waals surface area contributed by atoms with Crippen LogP contribution in [0.3, 0.4) is 0 Å². The Hall–Kier alpha value is -1.01. The molecule has 3 aromatic rings. The molecular formula is C13H10Cl3N3OS. The quantitative estimate of drug-likeness (QED) is 0.576. The third-order valence-electron chi connectivity index (χ3n) is 2.99. The summed E-state index contributed by atoms with van der Waals surface area (Å²) in [5.41, 5.74) is 0.800. The molecule has 1 aromatic carbocycles. The first-order valence-corrected chi connectivity index (χ1v) is 8.08. The van der Waals surface area contributed by atoms with Gasteiger partial charge in [-0.3, -0.25) is 0 Å². The highest BCUT2D eigenvalue weighted by atomic mass is 35.5. The van der Waals surface area contributed by atoms with Crippen molar-refractivity contribution in [3.8, 4) is 0 Å². The Morgan fingerprint density at radius 1 is 1.29 bits per heavy atom. The molecule has 110 valence electrons. The standard InChI is InChI=1S/C13H10Cl3N3OS/c1-2-8-11(16)13(18-20-8)19-21-9-5-17-12-6(9)3-4-7(14)10(12)15/h3-5,17H,2H2,1H3,(H,18,19). The summed E-state index contributed by atoms with van der Waals surface area (Å²) in [4.78, 5) is 4.07. The number of fused-ring (bicyclic) bond motifs is 1. The number of anilines is 1. The molecular weight excluding hydrogens is 353 g/mol. The molecule has 2 heterocycles. The minimum Gasteiger partial charge on any atom is -0.359 e. The zero-order chi connectivity index (χ0) is 15.0. The average Bonchev–Trinajstić information content (AvgIpc) is 3.05. The van der Waals surface area contributed by atoms with Gasteiger partial charge in [0, 0.05) is 18.0 Å². The fourth-order valence-electron chi connectivity index (χ4n) is 1.90. The zero-order valence-corrected chi connectivity index (χ0v) is 13.9. The summed E-state index contributed by atoms with van der Waals surface area (Å²) in [7, 11) is 0. The van der Waals surface area contributed by atoms with Crippen LogP contribution >= 0.6 is 46.8 Å². The molecule has 0 aliphatic rings. The van der Waals surface area contributed by atoms with Crippen molar-refractivity contribution in [2.24, 2.45) is 0 Å². The van der Waals surface area contributed by atoms with Crippen LogP contribution in [0.25, 0.3) is 10.9 Å². The molecule has 0 bridgehead atoms. The summed E-state index contributed by atoms with van der Waals surface area (Å²) in [5, 5.41) is 6.40. The van der Waals surface area contributed by atoms with Crippen molar-refractivity contribution in [2.45, 2.75) is 18.2 Å². The molecule has 0 unspecified atom stereocenters. The first kappa shape index (κ1) is 14.9. The molecule has 8 heteroatoms. The van der Waals surface area contributed by atoms with Crippen molar-refractivity contribution < 1.29 is 4.52 Å². The molecule has 0 spiro atoms.